The average molecular weight is 238 g/mol. The molecule has 0 fully saturated rings. The zero-order valence-electron chi connectivity index (χ0n) is 12.3. The van der Waals surface area contributed by atoms with Gasteiger partial charge in [-0.2, -0.15) is 5.10 Å². The Morgan fingerprint density at radius 3 is 2.12 bits per heavy atom. The van der Waals surface area contributed by atoms with Crippen LogP contribution in [0.25, 0.3) is 0 Å². The van der Waals surface area contributed by atoms with Gasteiger partial charge >= 0.3 is 0 Å². The summed E-state index contributed by atoms with van der Waals surface area (Å²) < 4.78 is 2.00. The van der Waals surface area contributed by atoms with E-state index in [0.29, 0.717) is 0 Å². The summed E-state index contributed by atoms with van der Waals surface area (Å²) in [4.78, 5) is 4.34. The highest BCUT2D eigenvalue weighted by atomic mass is 15.3. The first-order valence-corrected chi connectivity index (χ1v) is 6.22. The summed E-state index contributed by atoms with van der Waals surface area (Å²) in [6, 6.07) is 0. The molecule has 1 aromatic heterocycles. The van der Waals surface area contributed by atoms with Crippen molar-refractivity contribution < 1.29 is 0 Å². The average Bonchev–Trinajstić information content (AvgIpc) is 2.40. The summed E-state index contributed by atoms with van der Waals surface area (Å²) in [6.07, 6.45) is 0. The van der Waals surface area contributed by atoms with Crippen molar-refractivity contribution in [1.82, 2.24) is 20.1 Å². The molecule has 4 heteroatoms. The molecule has 1 aromatic rings. The first-order valence-electron chi connectivity index (χ1n) is 6.22. The number of hydrogen-bond donors (Lipinski definition) is 1. The smallest absolute Gasteiger partial charge is 0.147 e. The monoisotopic (exact) mass is 238 g/mol. The lowest BCUT2D eigenvalue weighted by atomic mass is 9.92. The van der Waals surface area contributed by atoms with Crippen LogP contribution in [0, 0.1) is 19.3 Å². The number of aryl methyl sites for hydroxylation is 2. The lowest BCUT2D eigenvalue weighted by molar-refractivity contribution is 0.244. The third kappa shape index (κ3) is 4.86. The van der Waals surface area contributed by atoms with E-state index < -0.39 is 0 Å². The van der Waals surface area contributed by atoms with Gasteiger partial charge in [-0.1, -0.05) is 13.8 Å². The lowest BCUT2D eigenvalue weighted by Crippen LogP contribution is -2.43. The van der Waals surface area contributed by atoms with E-state index in [1.165, 1.54) is 0 Å². The summed E-state index contributed by atoms with van der Waals surface area (Å²) in [5, 5.41) is 7.96. The van der Waals surface area contributed by atoms with Gasteiger partial charge in [-0.25, -0.2) is 9.67 Å². The van der Waals surface area contributed by atoms with Gasteiger partial charge in [-0.15, -0.1) is 0 Å². The highest BCUT2D eigenvalue weighted by Gasteiger charge is 2.22. The quantitative estimate of drug-likeness (QED) is 0.875. The minimum Gasteiger partial charge on any atom is -0.311 e. The summed E-state index contributed by atoms with van der Waals surface area (Å²) in [5.41, 5.74) is 0.322. The van der Waals surface area contributed by atoms with Crippen LogP contribution in [0.4, 0.5) is 0 Å². The Kier molecular flexibility index (Phi) is 3.97. The third-order valence-electron chi connectivity index (χ3n) is 2.64. The van der Waals surface area contributed by atoms with Crippen LogP contribution in [-0.2, 0) is 6.54 Å². The van der Waals surface area contributed by atoms with Gasteiger partial charge in [-0.05, 0) is 40.0 Å². The van der Waals surface area contributed by atoms with Gasteiger partial charge in [0.15, 0.2) is 0 Å². The topological polar surface area (TPSA) is 42.7 Å². The molecule has 0 aliphatic carbocycles. The van der Waals surface area contributed by atoms with Crippen molar-refractivity contribution in [2.24, 2.45) is 5.41 Å². The van der Waals surface area contributed by atoms with Gasteiger partial charge in [0, 0.05) is 18.6 Å². The van der Waals surface area contributed by atoms with Crippen molar-refractivity contribution in [3.63, 3.8) is 0 Å². The van der Waals surface area contributed by atoms with Crippen LogP contribution in [0.1, 0.15) is 46.3 Å². The van der Waals surface area contributed by atoms with E-state index in [2.05, 4.69) is 50.0 Å². The summed E-state index contributed by atoms with van der Waals surface area (Å²) in [6.45, 7) is 16.9. The third-order valence-corrected chi connectivity index (χ3v) is 2.64. The van der Waals surface area contributed by atoms with Crippen molar-refractivity contribution in [3.05, 3.63) is 11.6 Å². The van der Waals surface area contributed by atoms with Crippen LogP contribution in [-0.4, -0.2) is 26.8 Å². The lowest BCUT2D eigenvalue weighted by Gasteiger charge is -2.30. The molecule has 4 nitrogen and oxygen atoms in total. The SMILES string of the molecule is Cc1nc(C)n(CC(C)(C)CNC(C)(C)C)n1. The number of nitrogens with one attached hydrogen (secondary N) is 1. The zero-order chi connectivity index (χ0) is 13.3. The largest absolute Gasteiger partial charge is 0.311 e. The summed E-state index contributed by atoms with van der Waals surface area (Å²) in [5.74, 6) is 1.84. The Labute approximate surface area is 105 Å². The number of hydrogen-bond acceptors (Lipinski definition) is 3. The summed E-state index contributed by atoms with van der Waals surface area (Å²) in [7, 11) is 0. The maximum absolute atomic E-state index is 4.42. The first kappa shape index (κ1) is 14.2. The van der Waals surface area contributed by atoms with Crippen molar-refractivity contribution >= 4 is 0 Å². The van der Waals surface area contributed by atoms with Gasteiger partial charge in [0.2, 0.25) is 0 Å². The molecule has 98 valence electrons. The van der Waals surface area contributed by atoms with Crippen LogP contribution >= 0.6 is 0 Å². The molecular formula is C13H26N4. The van der Waals surface area contributed by atoms with Crippen LogP contribution in [0.3, 0.4) is 0 Å². The fourth-order valence-corrected chi connectivity index (χ4v) is 1.68. The van der Waals surface area contributed by atoms with Gasteiger partial charge in [0.1, 0.15) is 11.6 Å². The van der Waals surface area contributed by atoms with Crippen molar-refractivity contribution in [2.75, 3.05) is 6.54 Å². The molecule has 0 radical (unpaired) electrons. The van der Waals surface area contributed by atoms with Gasteiger partial charge in [0.05, 0.1) is 0 Å². The van der Waals surface area contributed by atoms with E-state index in [0.717, 1.165) is 24.7 Å². The molecule has 0 saturated carbocycles. The molecule has 0 amide bonds. The second-order valence-corrected chi connectivity index (χ2v) is 6.63. The van der Waals surface area contributed by atoms with E-state index in [1.807, 2.05) is 18.5 Å². The molecule has 0 aromatic carbocycles. The Morgan fingerprint density at radius 1 is 1.12 bits per heavy atom. The molecule has 17 heavy (non-hydrogen) atoms. The standard InChI is InChI=1S/C13H26N4/c1-10-15-11(2)17(16-10)9-13(6,7)8-14-12(3,4)5/h14H,8-9H2,1-7H3. The van der Waals surface area contributed by atoms with Crippen LogP contribution in [0.15, 0.2) is 0 Å². The molecule has 1 N–H and O–H groups in total. The molecule has 0 bridgehead atoms. The Morgan fingerprint density at radius 2 is 1.71 bits per heavy atom. The molecule has 0 aliphatic heterocycles. The van der Waals surface area contributed by atoms with Crippen LogP contribution < -0.4 is 5.32 Å². The van der Waals surface area contributed by atoms with E-state index >= 15 is 0 Å². The van der Waals surface area contributed by atoms with Gasteiger partial charge in [0.25, 0.3) is 0 Å². The van der Waals surface area contributed by atoms with Crippen LogP contribution in [0.2, 0.25) is 0 Å². The van der Waals surface area contributed by atoms with E-state index in [4.69, 9.17) is 0 Å². The number of nitrogens with zero attached hydrogens (tertiary/aromatic N) is 3. The second-order valence-electron chi connectivity index (χ2n) is 6.63. The van der Waals surface area contributed by atoms with E-state index in [9.17, 15) is 0 Å². The van der Waals surface area contributed by atoms with Gasteiger partial charge in [-0.3, -0.25) is 0 Å². The Balaban J connectivity index is 2.63. The maximum Gasteiger partial charge on any atom is 0.147 e. The second kappa shape index (κ2) is 4.77. The molecule has 0 unspecified atom stereocenters. The molecular weight excluding hydrogens is 212 g/mol. The fourth-order valence-electron chi connectivity index (χ4n) is 1.68. The Hall–Kier alpha value is -0.900. The first-order chi connectivity index (χ1) is 7.59. The zero-order valence-corrected chi connectivity index (χ0v) is 12.3. The van der Waals surface area contributed by atoms with E-state index in [-0.39, 0.29) is 11.0 Å². The predicted molar refractivity (Wildman–Crippen MR) is 71.0 cm³/mol. The van der Waals surface area contributed by atoms with Crippen molar-refractivity contribution in [3.8, 4) is 0 Å². The fraction of sp³-hybridized carbons (Fsp3) is 0.846. The normalized spacial score (nSPS) is 13.1. The molecule has 1 rings (SSSR count). The molecule has 0 atom stereocenters. The van der Waals surface area contributed by atoms with Crippen LogP contribution in [0.5, 0.6) is 0 Å². The molecule has 1 heterocycles. The predicted octanol–water partition coefficient (Wildman–Crippen LogP) is 2.31. The maximum atomic E-state index is 4.42. The van der Waals surface area contributed by atoms with E-state index in [1.54, 1.807) is 0 Å². The highest BCUT2D eigenvalue weighted by molar-refractivity contribution is 4.89. The molecule has 0 saturated heterocycles. The number of aromatic nitrogens is 3. The molecule has 0 aliphatic rings. The molecule has 0 spiro atoms. The van der Waals surface area contributed by atoms with Crippen molar-refractivity contribution in [2.45, 2.75) is 60.5 Å². The van der Waals surface area contributed by atoms with Gasteiger partial charge < -0.3 is 5.32 Å². The summed E-state index contributed by atoms with van der Waals surface area (Å²) >= 11 is 0. The number of rotatable bonds is 4. The van der Waals surface area contributed by atoms with Crippen molar-refractivity contribution in [1.29, 1.82) is 0 Å². The minimum atomic E-state index is 0.157. The highest BCUT2D eigenvalue weighted by Crippen LogP contribution is 2.18. The minimum absolute atomic E-state index is 0.157. The Bertz CT molecular complexity index is 371.